The summed E-state index contributed by atoms with van der Waals surface area (Å²) in [5.41, 5.74) is 1.63. The van der Waals surface area contributed by atoms with Gasteiger partial charge in [0.15, 0.2) is 0 Å². The van der Waals surface area contributed by atoms with Crippen molar-refractivity contribution >= 4 is 0 Å². The maximum atomic E-state index is 4.26. The minimum atomic E-state index is 0.277. The highest BCUT2D eigenvalue weighted by molar-refractivity contribution is 5.07. The summed E-state index contributed by atoms with van der Waals surface area (Å²) < 4.78 is 0. The lowest BCUT2D eigenvalue weighted by atomic mass is 9.63. The highest BCUT2D eigenvalue weighted by Gasteiger charge is 2.36. The second-order valence-corrected chi connectivity index (χ2v) is 6.95. The molecular formula is C18H36. The molecule has 0 heterocycles. The van der Waals surface area contributed by atoms with Gasteiger partial charge in [-0.1, -0.05) is 79.4 Å². The monoisotopic (exact) mass is 252 g/mol. The second kappa shape index (κ2) is 8.02. The first-order chi connectivity index (χ1) is 8.28. The third-order valence-electron chi connectivity index (χ3n) is 4.89. The predicted molar refractivity (Wildman–Crippen MR) is 84.8 cm³/mol. The Bertz CT molecular complexity index is 234. The van der Waals surface area contributed by atoms with Gasteiger partial charge in [-0.05, 0) is 36.5 Å². The van der Waals surface area contributed by atoms with E-state index >= 15 is 0 Å². The van der Waals surface area contributed by atoms with Crippen molar-refractivity contribution in [1.29, 1.82) is 0 Å². The summed E-state index contributed by atoms with van der Waals surface area (Å²) in [6.45, 7) is 20.7. The minimum absolute atomic E-state index is 0.277. The lowest BCUT2D eigenvalue weighted by Gasteiger charge is -2.42. The zero-order valence-corrected chi connectivity index (χ0v) is 14.0. The van der Waals surface area contributed by atoms with Crippen molar-refractivity contribution in [2.75, 3.05) is 0 Å². The molecule has 0 nitrogen and oxygen atoms in total. The summed E-state index contributed by atoms with van der Waals surface area (Å²) in [6, 6.07) is 0. The molecule has 2 atom stereocenters. The van der Waals surface area contributed by atoms with Crippen LogP contribution >= 0.6 is 0 Å². The first-order valence-electron chi connectivity index (χ1n) is 7.94. The largest absolute Gasteiger partial charge is 0.0996 e. The third kappa shape index (κ3) is 4.78. The van der Waals surface area contributed by atoms with E-state index in [1.165, 1.54) is 37.7 Å². The van der Waals surface area contributed by atoms with Crippen LogP contribution in [0.15, 0.2) is 12.2 Å². The number of unbranched alkanes of at least 4 members (excludes halogenated alkanes) is 1. The van der Waals surface area contributed by atoms with E-state index in [4.69, 9.17) is 0 Å². The summed E-state index contributed by atoms with van der Waals surface area (Å²) in [4.78, 5) is 0. The molecule has 18 heavy (non-hydrogen) atoms. The fourth-order valence-corrected chi connectivity index (χ4v) is 3.18. The van der Waals surface area contributed by atoms with Gasteiger partial charge in [0.25, 0.3) is 0 Å². The molecule has 0 aromatic heterocycles. The van der Waals surface area contributed by atoms with Gasteiger partial charge in [0.05, 0.1) is 0 Å². The Balaban J connectivity index is 5.10. The molecule has 0 radical (unpaired) electrons. The molecule has 108 valence electrons. The maximum absolute atomic E-state index is 4.26. The van der Waals surface area contributed by atoms with Crippen LogP contribution in [0.2, 0.25) is 0 Å². The van der Waals surface area contributed by atoms with Crippen LogP contribution in [0.5, 0.6) is 0 Å². The number of hydrogen-bond donors (Lipinski definition) is 0. The molecule has 0 heteroatoms. The van der Waals surface area contributed by atoms with Crippen LogP contribution in [0.1, 0.15) is 80.6 Å². The Morgan fingerprint density at radius 1 is 1.06 bits per heavy atom. The van der Waals surface area contributed by atoms with Crippen molar-refractivity contribution in [3.05, 3.63) is 12.2 Å². The number of hydrogen-bond acceptors (Lipinski definition) is 0. The predicted octanol–water partition coefficient (Wildman–Crippen LogP) is 6.47. The Hall–Kier alpha value is -0.260. The van der Waals surface area contributed by atoms with Crippen molar-refractivity contribution in [1.82, 2.24) is 0 Å². The van der Waals surface area contributed by atoms with E-state index < -0.39 is 0 Å². The molecule has 0 bridgehead atoms. The average Bonchev–Trinajstić information content (AvgIpc) is 2.27. The molecule has 0 fully saturated rings. The zero-order valence-electron chi connectivity index (χ0n) is 14.0. The molecule has 0 spiro atoms. The molecule has 0 aliphatic carbocycles. The first-order valence-corrected chi connectivity index (χ1v) is 7.94. The molecule has 0 aromatic carbocycles. The van der Waals surface area contributed by atoms with E-state index in [1.54, 1.807) is 0 Å². The number of allylic oxidation sites excluding steroid dienone is 1. The quantitative estimate of drug-likeness (QED) is 0.413. The van der Waals surface area contributed by atoms with E-state index in [2.05, 4.69) is 55.0 Å². The van der Waals surface area contributed by atoms with E-state index in [0.717, 1.165) is 17.8 Å². The minimum Gasteiger partial charge on any atom is -0.0996 e. The van der Waals surface area contributed by atoms with Crippen LogP contribution in [0.3, 0.4) is 0 Å². The van der Waals surface area contributed by atoms with Crippen molar-refractivity contribution in [2.45, 2.75) is 80.6 Å². The summed E-state index contributed by atoms with van der Waals surface area (Å²) in [5, 5.41) is 0. The lowest BCUT2D eigenvalue weighted by molar-refractivity contribution is 0.114. The van der Waals surface area contributed by atoms with E-state index in [1.807, 2.05) is 0 Å². The molecule has 0 N–H and O–H groups in total. The standard InChI is InChI=1S/C18H36/c1-9-11-13-17(18(7,8)15(5)6)16(12-10-2)14(3)4/h14,16-17H,5,9-13H2,1-4,6-8H3. The Morgan fingerprint density at radius 3 is 1.94 bits per heavy atom. The Kier molecular flexibility index (Phi) is 7.90. The molecule has 2 unspecified atom stereocenters. The number of rotatable bonds is 9. The fraction of sp³-hybridized carbons (Fsp3) is 0.889. The van der Waals surface area contributed by atoms with Crippen LogP contribution in [-0.4, -0.2) is 0 Å². The van der Waals surface area contributed by atoms with Crippen LogP contribution in [0, 0.1) is 23.2 Å². The third-order valence-corrected chi connectivity index (χ3v) is 4.89. The van der Waals surface area contributed by atoms with Gasteiger partial charge in [0.1, 0.15) is 0 Å². The van der Waals surface area contributed by atoms with Crippen LogP contribution < -0.4 is 0 Å². The van der Waals surface area contributed by atoms with Gasteiger partial charge >= 0.3 is 0 Å². The second-order valence-electron chi connectivity index (χ2n) is 6.95. The van der Waals surface area contributed by atoms with Gasteiger partial charge in [0.2, 0.25) is 0 Å². The van der Waals surface area contributed by atoms with Crippen LogP contribution in [-0.2, 0) is 0 Å². The van der Waals surface area contributed by atoms with Gasteiger partial charge in [-0.25, -0.2) is 0 Å². The smallest absolute Gasteiger partial charge is 0.0119 e. The Labute approximate surface area is 116 Å². The topological polar surface area (TPSA) is 0 Å². The average molecular weight is 252 g/mol. The van der Waals surface area contributed by atoms with Gasteiger partial charge in [0, 0.05) is 0 Å². The van der Waals surface area contributed by atoms with Crippen molar-refractivity contribution in [3.63, 3.8) is 0 Å². The van der Waals surface area contributed by atoms with Crippen molar-refractivity contribution < 1.29 is 0 Å². The highest BCUT2D eigenvalue weighted by atomic mass is 14.4. The molecule has 0 saturated heterocycles. The van der Waals surface area contributed by atoms with Crippen molar-refractivity contribution in [2.24, 2.45) is 23.2 Å². The normalized spacial score (nSPS) is 15.8. The van der Waals surface area contributed by atoms with E-state index in [-0.39, 0.29) is 5.41 Å². The van der Waals surface area contributed by atoms with Gasteiger partial charge < -0.3 is 0 Å². The summed E-state index contributed by atoms with van der Waals surface area (Å²) in [6.07, 6.45) is 6.69. The summed E-state index contributed by atoms with van der Waals surface area (Å²) in [7, 11) is 0. The first kappa shape index (κ1) is 17.7. The summed E-state index contributed by atoms with van der Waals surface area (Å²) >= 11 is 0. The zero-order chi connectivity index (χ0) is 14.3. The van der Waals surface area contributed by atoms with Crippen molar-refractivity contribution in [3.8, 4) is 0 Å². The molecule has 0 saturated carbocycles. The molecule has 0 amide bonds. The molecule has 0 rings (SSSR count). The van der Waals surface area contributed by atoms with Gasteiger partial charge in [-0.2, -0.15) is 0 Å². The Morgan fingerprint density at radius 2 is 1.61 bits per heavy atom. The molecule has 0 aromatic rings. The van der Waals surface area contributed by atoms with Crippen LogP contribution in [0.25, 0.3) is 0 Å². The summed E-state index contributed by atoms with van der Waals surface area (Å²) in [5.74, 6) is 2.41. The fourth-order valence-electron chi connectivity index (χ4n) is 3.18. The maximum Gasteiger partial charge on any atom is -0.0119 e. The van der Waals surface area contributed by atoms with Gasteiger partial charge in [-0.15, -0.1) is 0 Å². The lowest BCUT2D eigenvalue weighted by Crippen LogP contribution is -2.34. The molecular weight excluding hydrogens is 216 g/mol. The van der Waals surface area contributed by atoms with E-state index in [0.29, 0.717) is 0 Å². The molecule has 0 aliphatic rings. The highest BCUT2D eigenvalue weighted by Crippen LogP contribution is 2.45. The van der Waals surface area contributed by atoms with Gasteiger partial charge in [-0.3, -0.25) is 0 Å². The SMILES string of the molecule is C=C(C)C(C)(C)C(CCCC)C(CCC)C(C)C. The molecule has 0 aliphatic heterocycles. The van der Waals surface area contributed by atoms with Crippen LogP contribution in [0.4, 0.5) is 0 Å². The van der Waals surface area contributed by atoms with E-state index in [9.17, 15) is 0 Å².